The Kier molecular flexibility index (Phi) is 6.35. The molecule has 0 radical (unpaired) electrons. The quantitative estimate of drug-likeness (QED) is 0.742. The van der Waals surface area contributed by atoms with Gasteiger partial charge < -0.3 is 10.5 Å². The fourth-order valence-corrected chi connectivity index (χ4v) is 4.56. The van der Waals surface area contributed by atoms with Crippen LogP contribution < -0.4 is 15.2 Å². The standard InChI is InChI=1S/C14H22N2O3S2/c15-8-2-9-19-13-4-6-14(7-5-13)21(17,18)16-12-3-1-10-20-11-12/h4-7,12,16H,1-3,8-11,15H2. The summed E-state index contributed by atoms with van der Waals surface area (Å²) in [4.78, 5) is 0.282. The van der Waals surface area contributed by atoms with E-state index in [0.717, 1.165) is 30.8 Å². The fraction of sp³-hybridized carbons (Fsp3) is 0.571. The summed E-state index contributed by atoms with van der Waals surface area (Å²) in [5.41, 5.74) is 5.39. The van der Waals surface area contributed by atoms with Crippen LogP contribution in [0.5, 0.6) is 5.75 Å². The van der Waals surface area contributed by atoms with Gasteiger partial charge in [-0.25, -0.2) is 13.1 Å². The lowest BCUT2D eigenvalue weighted by Gasteiger charge is -2.22. The smallest absolute Gasteiger partial charge is 0.240 e. The van der Waals surface area contributed by atoms with Gasteiger partial charge >= 0.3 is 0 Å². The Labute approximate surface area is 130 Å². The van der Waals surface area contributed by atoms with Crippen molar-refractivity contribution in [3.05, 3.63) is 24.3 Å². The summed E-state index contributed by atoms with van der Waals surface area (Å²) < 4.78 is 32.8. The highest BCUT2D eigenvalue weighted by Gasteiger charge is 2.21. The van der Waals surface area contributed by atoms with Gasteiger partial charge in [0.05, 0.1) is 11.5 Å². The molecular weight excluding hydrogens is 308 g/mol. The number of ether oxygens (including phenoxy) is 1. The summed E-state index contributed by atoms with van der Waals surface area (Å²) in [6.45, 7) is 1.12. The monoisotopic (exact) mass is 330 g/mol. The van der Waals surface area contributed by atoms with Crippen molar-refractivity contribution in [1.82, 2.24) is 4.72 Å². The first-order valence-electron chi connectivity index (χ1n) is 7.15. The summed E-state index contributed by atoms with van der Waals surface area (Å²) in [5.74, 6) is 2.63. The molecule has 1 aliphatic heterocycles. The number of nitrogens with one attached hydrogen (secondary N) is 1. The van der Waals surface area contributed by atoms with Crippen LogP contribution in [0.1, 0.15) is 19.3 Å². The van der Waals surface area contributed by atoms with E-state index in [2.05, 4.69) is 4.72 Å². The summed E-state index contributed by atoms with van der Waals surface area (Å²) in [6, 6.07) is 6.56. The van der Waals surface area contributed by atoms with Crippen LogP contribution in [-0.4, -0.2) is 39.1 Å². The number of hydrogen-bond acceptors (Lipinski definition) is 5. The highest BCUT2D eigenvalue weighted by molar-refractivity contribution is 7.99. The highest BCUT2D eigenvalue weighted by Crippen LogP contribution is 2.20. The molecule has 21 heavy (non-hydrogen) atoms. The van der Waals surface area contributed by atoms with E-state index in [0.29, 0.717) is 18.9 Å². The van der Waals surface area contributed by atoms with E-state index < -0.39 is 10.0 Å². The van der Waals surface area contributed by atoms with Crippen molar-refractivity contribution in [2.24, 2.45) is 5.73 Å². The molecule has 0 aromatic heterocycles. The number of hydrogen-bond donors (Lipinski definition) is 2. The Morgan fingerprint density at radius 3 is 2.71 bits per heavy atom. The molecule has 1 saturated heterocycles. The molecule has 1 aliphatic rings. The normalized spacial score (nSPS) is 19.4. The summed E-state index contributed by atoms with van der Waals surface area (Å²) in [6.07, 6.45) is 2.75. The van der Waals surface area contributed by atoms with E-state index in [1.54, 1.807) is 36.0 Å². The van der Waals surface area contributed by atoms with Gasteiger partial charge in [-0.2, -0.15) is 11.8 Å². The van der Waals surface area contributed by atoms with Crippen LogP contribution in [0.3, 0.4) is 0 Å². The highest BCUT2D eigenvalue weighted by atomic mass is 32.2. The zero-order chi connectivity index (χ0) is 15.1. The summed E-state index contributed by atoms with van der Waals surface area (Å²) >= 11 is 1.80. The molecule has 0 saturated carbocycles. The van der Waals surface area contributed by atoms with Crippen molar-refractivity contribution in [2.75, 3.05) is 24.7 Å². The number of benzene rings is 1. The van der Waals surface area contributed by atoms with Gasteiger partial charge in [-0.05, 0) is 55.8 Å². The van der Waals surface area contributed by atoms with E-state index >= 15 is 0 Å². The number of nitrogens with two attached hydrogens (primary N) is 1. The van der Waals surface area contributed by atoms with E-state index in [-0.39, 0.29) is 10.9 Å². The lowest BCUT2D eigenvalue weighted by atomic mass is 10.2. The molecule has 1 atom stereocenters. The third kappa shape index (κ3) is 5.18. The fourth-order valence-electron chi connectivity index (χ4n) is 2.11. The van der Waals surface area contributed by atoms with Crippen LogP contribution in [0.15, 0.2) is 29.2 Å². The first-order chi connectivity index (χ1) is 10.1. The van der Waals surface area contributed by atoms with Crippen LogP contribution in [-0.2, 0) is 10.0 Å². The molecule has 0 aliphatic carbocycles. The molecule has 0 bridgehead atoms. The third-order valence-corrected chi connectivity index (χ3v) is 5.99. The van der Waals surface area contributed by atoms with Crippen LogP contribution in [0.4, 0.5) is 0 Å². The molecule has 1 fully saturated rings. The molecule has 5 nitrogen and oxygen atoms in total. The van der Waals surface area contributed by atoms with E-state index in [9.17, 15) is 8.42 Å². The van der Waals surface area contributed by atoms with Gasteiger partial charge in [0.15, 0.2) is 0 Å². The molecule has 1 heterocycles. The minimum Gasteiger partial charge on any atom is -0.494 e. The largest absolute Gasteiger partial charge is 0.494 e. The summed E-state index contributed by atoms with van der Waals surface area (Å²) in [5, 5.41) is 0. The van der Waals surface area contributed by atoms with Crippen molar-refractivity contribution >= 4 is 21.8 Å². The van der Waals surface area contributed by atoms with Gasteiger partial charge in [0, 0.05) is 11.8 Å². The van der Waals surface area contributed by atoms with Crippen molar-refractivity contribution in [1.29, 1.82) is 0 Å². The molecular formula is C14H22N2O3S2. The maximum atomic E-state index is 12.3. The maximum absolute atomic E-state index is 12.3. The Bertz CT molecular complexity index is 526. The van der Waals surface area contributed by atoms with E-state index in [4.69, 9.17) is 10.5 Å². The third-order valence-electron chi connectivity index (χ3n) is 3.23. The van der Waals surface area contributed by atoms with Crippen molar-refractivity contribution in [3.8, 4) is 5.75 Å². The number of rotatable bonds is 7. The second-order valence-corrected chi connectivity index (χ2v) is 7.86. The Morgan fingerprint density at radius 2 is 2.10 bits per heavy atom. The van der Waals surface area contributed by atoms with Crippen LogP contribution in [0, 0.1) is 0 Å². The molecule has 1 aromatic rings. The second kappa shape index (κ2) is 8.03. The number of sulfonamides is 1. The predicted molar refractivity (Wildman–Crippen MR) is 86.3 cm³/mol. The van der Waals surface area contributed by atoms with Gasteiger partial charge in [0.25, 0.3) is 0 Å². The average Bonchev–Trinajstić information content (AvgIpc) is 2.49. The molecule has 3 N–H and O–H groups in total. The molecule has 118 valence electrons. The van der Waals surface area contributed by atoms with Crippen LogP contribution in [0.25, 0.3) is 0 Å². The van der Waals surface area contributed by atoms with Crippen molar-refractivity contribution in [3.63, 3.8) is 0 Å². The SMILES string of the molecule is NCCCOc1ccc(S(=O)(=O)NC2CCCSC2)cc1. The molecule has 1 aromatic carbocycles. The zero-order valence-electron chi connectivity index (χ0n) is 12.0. The Morgan fingerprint density at radius 1 is 1.33 bits per heavy atom. The van der Waals surface area contributed by atoms with Gasteiger partial charge in [-0.3, -0.25) is 0 Å². The predicted octanol–water partition coefficient (Wildman–Crippen LogP) is 1.59. The first-order valence-corrected chi connectivity index (χ1v) is 9.78. The minimum atomic E-state index is -3.44. The van der Waals surface area contributed by atoms with E-state index in [1.807, 2.05) is 0 Å². The van der Waals surface area contributed by atoms with Crippen LogP contribution >= 0.6 is 11.8 Å². The Hall–Kier alpha value is -0.760. The Balaban J connectivity index is 1.95. The molecule has 7 heteroatoms. The molecule has 0 spiro atoms. The lowest BCUT2D eigenvalue weighted by Crippen LogP contribution is -2.38. The van der Waals surface area contributed by atoms with E-state index in [1.165, 1.54) is 0 Å². The average molecular weight is 330 g/mol. The molecule has 0 amide bonds. The van der Waals surface area contributed by atoms with Crippen LogP contribution in [0.2, 0.25) is 0 Å². The minimum absolute atomic E-state index is 0.0363. The van der Waals surface area contributed by atoms with Crippen molar-refractivity contribution in [2.45, 2.75) is 30.2 Å². The number of thioether (sulfide) groups is 1. The topological polar surface area (TPSA) is 81.4 Å². The molecule has 1 unspecified atom stereocenters. The second-order valence-electron chi connectivity index (χ2n) is 5.00. The zero-order valence-corrected chi connectivity index (χ0v) is 13.6. The van der Waals surface area contributed by atoms with Gasteiger partial charge in [-0.1, -0.05) is 0 Å². The first kappa shape index (κ1) is 16.6. The van der Waals surface area contributed by atoms with Gasteiger partial charge in [0.1, 0.15) is 5.75 Å². The van der Waals surface area contributed by atoms with Gasteiger partial charge in [0.2, 0.25) is 10.0 Å². The summed E-state index contributed by atoms with van der Waals surface area (Å²) in [7, 11) is -3.44. The molecule has 2 rings (SSSR count). The van der Waals surface area contributed by atoms with Gasteiger partial charge in [-0.15, -0.1) is 0 Å². The maximum Gasteiger partial charge on any atom is 0.240 e. The lowest BCUT2D eigenvalue weighted by molar-refractivity contribution is 0.313. The van der Waals surface area contributed by atoms with Crippen molar-refractivity contribution < 1.29 is 13.2 Å².